The normalized spacial score (nSPS) is 14.8. The summed E-state index contributed by atoms with van der Waals surface area (Å²) in [7, 11) is 3.51. The number of fused-ring (bicyclic) bond motifs is 1. The van der Waals surface area contributed by atoms with Crippen LogP contribution in [0.1, 0.15) is 18.4 Å². The summed E-state index contributed by atoms with van der Waals surface area (Å²) in [4.78, 5) is 28.0. The molecule has 0 aliphatic carbocycles. The van der Waals surface area contributed by atoms with Crippen molar-refractivity contribution in [2.45, 2.75) is 19.4 Å². The van der Waals surface area contributed by atoms with Gasteiger partial charge in [0.15, 0.2) is 0 Å². The molecule has 0 N–H and O–H groups in total. The zero-order valence-electron chi connectivity index (χ0n) is 16.0. The van der Waals surface area contributed by atoms with E-state index in [4.69, 9.17) is 4.74 Å². The molecule has 27 heavy (non-hydrogen) atoms. The maximum Gasteiger partial charge on any atom is 0.245 e. The van der Waals surface area contributed by atoms with E-state index in [9.17, 15) is 9.59 Å². The number of hydrogen-bond donors (Lipinski definition) is 0. The molecule has 0 unspecified atom stereocenters. The lowest BCUT2D eigenvalue weighted by Crippen LogP contribution is -2.42. The molecule has 0 aromatic heterocycles. The molecule has 5 nitrogen and oxygen atoms in total. The minimum Gasteiger partial charge on any atom is -0.497 e. The molecule has 3 rings (SSSR count). The van der Waals surface area contributed by atoms with Crippen LogP contribution >= 0.6 is 0 Å². The third-order valence-corrected chi connectivity index (χ3v) is 5.24. The van der Waals surface area contributed by atoms with Crippen LogP contribution in [0.4, 0.5) is 0 Å². The topological polar surface area (TPSA) is 49.9 Å². The van der Waals surface area contributed by atoms with E-state index in [2.05, 4.69) is 24.8 Å². The lowest BCUT2D eigenvalue weighted by atomic mass is 9.95. The predicted octanol–water partition coefficient (Wildman–Crippen LogP) is 3.23. The second-order valence-corrected chi connectivity index (χ2v) is 7.05. The molecule has 0 saturated carbocycles. The van der Waals surface area contributed by atoms with Crippen LogP contribution in [0.3, 0.4) is 0 Å². The van der Waals surface area contributed by atoms with Gasteiger partial charge < -0.3 is 14.5 Å². The quantitative estimate of drug-likeness (QED) is 0.764. The van der Waals surface area contributed by atoms with Crippen LogP contribution in [0.25, 0.3) is 10.8 Å². The third kappa shape index (κ3) is 4.30. The number of methoxy groups -OCH3 is 1. The molecule has 1 fully saturated rings. The van der Waals surface area contributed by atoms with E-state index in [-0.39, 0.29) is 17.7 Å². The SMILES string of the molecule is C=CC(=O)N1CCC(C(=O)N(C)Cc2ccc3cc(OC)ccc3c2)CC1. The van der Waals surface area contributed by atoms with E-state index in [0.29, 0.717) is 32.5 Å². The number of piperidine rings is 1. The number of hydrogen-bond acceptors (Lipinski definition) is 3. The Bertz CT molecular complexity index is 854. The van der Waals surface area contributed by atoms with Crippen LogP contribution < -0.4 is 4.74 Å². The number of benzene rings is 2. The van der Waals surface area contributed by atoms with Crippen LogP contribution in [0.5, 0.6) is 5.75 Å². The molecule has 0 spiro atoms. The average Bonchev–Trinajstić information content (AvgIpc) is 2.72. The summed E-state index contributed by atoms with van der Waals surface area (Å²) in [6.07, 6.45) is 2.75. The highest BCUT2D eigenvalue weighted by Crippen LogP contribution is 2.24. The Morgan fingerprint density at radius 2 is 1.85 bits per heavy atom. The van der Waals surface area contributed by atoms with Crippen molar-refractivity contribution >= 4 is 22.6 Å². The molecule has 5 heteroatoms. The van der Waals surface area contributed by atoms with E-state index < -0.39 is 0 Å². The number of carbonyl (C=O) groups is 2. The van der Waals surface area contributed by atoms with Crippen LogP contribution in [-0.2, 0) is 16.1 Å². The van der Waals surface area contributed by atoms with Gasteiger partial charge in [0.1, 0.15) is 5.75 Å². The zero-order chi connectivity index (χ0) is 19.4. The van der Waals surface area contributed by atoms with Gasteiger partial charge in [0.05, 0.1) is 7.11 Å². The highest BCUT2D eigenvalue weighted by atomic mass is 16.5. The summed E-state index contributed by atoms with van der Waals surface area (Å²) in [5.74, 6) is 0.912. The van der Waals surface area contributed by atoms with Crippen LogP contribution in [0, 0.1) is 5.92 Å². The molecule has 0 bridgehead atoms. The van der Waals surface area contributed by atoms with Gasteiger partial charge in [0, 0.05) is 32.6 Å². The Kier molecular flexibility index (Phi) is 5.79. The van der Waals surface area contributed by atoms with Gasteiger partial charge in [-0.2, -0.15) is 0 Å². The van der Waals surface area contributed by atoms with Crippen molar-refractivity contribution in [3.8, 4) is 5.75 Å². The second kappa shape index (κ2) is 8.25. The van der Waals surface area contributed by atoms with Crippen molar-refractivity contribution in [1.82, 2.24) is 9.80 Å². The number of rotatable bonds is 5. The van der Waals surface area contributed by atoms with Gasteiger partial charge >= 0.3 is 0 Å². The van der Waals surface area contributed by atoms with E-state index in [1.807, 2.05) is 25.2 Å². The van der Waals surface area contributed by atoms with Crippen LogP contribution in [0.15, 0.2) is 49.1 Å². The van der Waals surface area contributed by atoms with Gasteiger partial charge in [-0.3, -0.25) is 9.59 Å². The number of likely N-dealkylation sites (tertiary alicyclic amines) is 1. The molecular formula is C22H26N2O3. The first kappa shape index (κ1) is 19.0. The molecule has 1 aliphatic heterocycles. The highest BCUT2D eigenvalue weighted by Gasteiger charge is 2.28. The van der Waals surface area contributed by atoms with Gasteiger partial charge in [-0.25, -0.2) is 0 Å². The summed E-state index contributed by atoms with van der Waals surface area (Å²) in [6, 6.07) is 12.2. The Morgan fingerprint density at radius 1 is 1.19 bits per heavy atom. The number of amides is 2. The molecule has 2 aromatic rings. The summed E-state index contributed by atoms with van der Waals surface area (Å²) >= 11 is 0. The van der Waals surface area contributed by atoms with Gasteiger partial charge in [0.25, 0.3) is 0 Å². The molecule has 1 heterocycles. The number of ether oxygens (including phenoxy) is 1. The minimum atomic E-state index is -0.0537. The average molecular weight is 366 g/mol. The summed E-state index contributed by atoms with van der Waals surface area (Å²) in [5.41, 5.74) is 1.10. The Labute approximate surface area is 160 Å². The van der Waals surface area contributed by atoms with Crippen molar-refractivity contribution in [2.24, 2.45) is 5.92 Å². The molecule has 2 amide bonds. The standard InChI is InChI=1S/C22H26N2O3/c1-4-21(25)24-11-9-17(10-12-24)22(26)23(2)15-16-5-6-19-14-20(27-3)8-7-18(19)13-16/h4-8,13-14,17H,1,9-12,15H2,2-3H3. The number of carbonyl (C=O) groups excluding carboxylic acids is 2. The van der Waals surface area contributed by atoms with Gasteiger partial charge in [0.2, 0.25) is 11.8 Å². The highest BCUT2D eigenvalue weighted by molar-refractivity contribution is 5.87. The maximum atomic E-state index is 12.8. The van der Waals surface area contributed by atoms with E-state index in [0.717, 1.165) is 22.1 Å². The van der Waals surface area contributed by atoms with E-state index in [1.54, 1.807) is 16.9 Å². The van der Waals surface area contributed by atoms with Crippen molar-refractivity contribution in [1.29, 1.82) is 0 Å². The van der Waals surface area contributed by atoms with Crippen LogP contribution in [0.2, 0.25) is 0 Å². The van der Waals surface area contributed by atoms with E-state index in [1.165, 1.54) is 6.08 Å². The molecule has 0 atom stereocenters. The van der Waals surface area contributed by atoms with Crippen molar-refractivity contribution < 1.29 is 14.3 Å². The summed E-state index contributed by atoms with van der Waals surface area (Å²) in [6.45, 7) is 5.33. The van der Waals surface area contributed by atoms with Gasteiger partial charge in [-0.1, -0.05) is 24.8 Å². The molecule has 0 radical (unpaired) electrons. The van der Waals surface area contributed by atoms with Gasteiger partial charge in [-0.15, -0.1) is 0 Å². The third-order valence-electron chi connectivity index (χ3n) is 5.24. The summed E-state index contributed by atoms with van der Waals surface area (Å²) < 4.78 is 5.26. The van der Waals surface area contributed by atoms with Crippen molar-refractivity contribution in [3.63, 3.8) is 0 Å². The fraction of sp³-hybridized carbons (Fsp3) is 0.364. The van der Waals surface area contributed by atoms with Gasteiger partial charge in [-0.05, 0) is 53.5 Å². The Morgan fingerprint density at radius 3 is 2.52 bits per heavy atom. The fourth-order valence-electron chi connectivity index (χ4n) is 3.64. The minimum absolute atomic E-state index is 0.0198. The lowest BCUT2D eigenvalue weighted by molar-refractivity contribution is -0.138. The predicted molar refractivity (Wildman–Crippen MR) is 106 cm³/mol. The van der Waals surface area contributed by atoms with Crippen LogP contribution in [-0.4, -0.2) is 48.9 Å². The van der Waals surface area contributed by atoms with Crippen molar-refractivity contribution in [2.75, 3.05) is 27.2 Å². The Balaban J connectivity index is 1.62. The molecule has 1 saturated heterocycles. The Hall–Kier alpha value is -2.82. The van der Waals surface area contributed by atoms with E-state index >= 15 is 0 Å². The van der Waals surface area contributed by atoms with Crippen molar-refractivity contribution in [3.05, 3.63) is 54.6 Å². The zero-order valence-corrected chi connectivity index (χ0v) is 16.0. The lowest BCUT2D eigenvalue weighted by Gasteiger charge is -2.32. The maximum absolute atomic E-state index is 12.8. The number of nitrogens with zero attached hydrogens (tertiary/aromatic N) is 2. The first-order valence-corrected chi connectivity index (χ1v) is 9.25. The molecule has 142 valence electrons. The monoisotopic (exact) mass is 366 g/mol. The second-order valence-electron chi connectivity index (χ2n) is 7.05. The molecular weight excluding hydrogens is 340 g/mol. The largest absolute Gasteiger partial charge is 0.497 e. The first-order valence-electron chi connectivity index (χ1n) is 9.25. The first-order chi connectivity index (χ1) is 13.0. The fourth-order valence-corrected chi connectivity index (χ4v) is 3.64. The summed E-state index contributed by atoms with van der Waals surface area (Å²) in [5, 5.41) is 2.25. The molecule has 1 aliphatic rings. The smallest absolute Gasteiger partial charge is 0.245 e. The molecule has 2 aromatic carbocycles.